The van der Waals surface area contributed by atoms with Gasteiger partial charge >= 0.3 is 0 Å². The number of hydrogen-bond acceptors (Lipinski definition) is 2. The lowest BCUT2D eigenvalue weighted by Crippen LogP contribution is -2.11. The molecule has 0 saturated heterocycles. The molecular formula is C9H12BrNS. The van der Waals surface area contributed by atoms with E-state index >= 15 is 0 Å². The van der Waals surface area contributed by atoms with Crippen molar-refractivity contribution in [3.63, 3.8) is 0 Å². The standard InChI is InChI=1S/C9H12BrNS/c1-6-3-4-7(10)5-8(6)9(12)11-2/h3-5,9,11-12H,1-2H3. The lowest BCUT2D eigenvalue weighted by atomic mass is 10.1. The van der Waals surface area contributed by atoms with Crippen molar-refractivity contribution in [2.45, 2.75) is 12.3 Å². The molecule has 0 aromatic heterocycles. The van der Waals surface area contributed by atoms with Gasteiger partial charge < -0.3 is 5.32 Å². The van der Waals surface area contributed by atoms with Crippen molar-refractivity contribution in [3.8, 4) is 0 Å². The monoisotopic (exact) mass is 245 g/mol. The van der Waals surface area contributed by atoms with Crippen LogP contribution in [0.1, 0.15) is 16.5 Å². The van der Waals surface area contributed by atoms with Crippen LogP contribution in [-0.4, -0.2) is 7.05 Å². The highest BCUT2D eigenvalue weighted by atomic mass is 79.9. The third-order valence-electron chi connectivity index (χ3n) is 1.81. The third kappa shape index (κ3) is 2.25. The molecule has 0 fully saturated rings. The Kier molecular flexibility index (Phi) is 3.62. The molecule has 1 atom stereocenters. The summed E-state index contributed by atoms with van der Waals surface area (Å²) >= 11 is 7.84. The smallest absolute Gasteiger partial charge is 0.0760 e. The van der Waals surface area contributed by atoms with Crippen LogP contribution in [0.25, 0.3) is 0 Å². The van der Waals surface area contributed by atoms with Gasteiger partial charge in [0.1, 0.15) is 0 Å². The largest absolute Gasteiger partial charge is 0.305 e. The van der Waals surface area contributed by atoms with E-state index in [9.17, 15) is 0 Å². The van der Waals surface area contributed by atoms with Crippen molar-refractivity contribution in [2.24, 2.45) is 0 Å². The number of nitrogens with one attached hydrogen (secondary N) is 1. The van der Waals surface area contributed by atoms with Crippen LogP contribution >= 0.6 is 28.6 Å². The fourth-order valence-electron chi connectivity index (χ4n) is 1.06. The highest BCUT2D eigenvalue weighted by Gasteiger charge is 2.06. The van der Waals surface area contributed by atoms with E-state index in [4.69, 9.17) is 0 Å². The van der Waals surface area contributed by atoms with Crippen LogP contribution in [0.3, 0.4) is 0 Å². The molecule has 1 unspecified atom stereocenters. The highest BCUT2D eigenvalue weighted by molar-refractivity contribution is 9.10. The van der Waals surface area contributed by atoms with E-state index in [1.165, 1.54) is 11.1 Å². The predicted octanol–water partition coefficient (Wildman–Crippen LogP) is 2.91. The molecule has 0 heterocycles. The number of rotatable bonds is 2. The Labute approximate surface area is 87.1 Å². The van der Waals surface area contributed by atoms with E-state index in [1.54, 1.807) is 0 Å². The zero-order valence-electron chi connectivity index (χ0n) is 7.13. The van der Waals surface area contributed by atoms with Crippen LogP contribution in [0.4, 0.5) is 0 Å². The summed E-state index contributed by atoms with van der Waals surface area (Å²) in [6, 6.07) is 6.21. The molecule has 0 bridgehead atoms. The molecule has 66 valence electrons. The van der Waals surface area contributed by atoms with Crippen molar-refractivity contribution < 1.29 is 0 Å². The molecule has 1 aromatic rings. The van der Waals surface area contributed by atoms with Crippen molar-refractivity contribution in [3.05, 3.63) is 33.8 Å². The predicted molar refractivity (Wildman–Crippen MR) is 59.7 cm³/mol. The molecule has 1 nitrogen and oxygen atoms in total. The van der Waals surface area contributed by atoms with Crippen LogP contribution < -0.4 is 5.32 Å². The summed E-state index contributed by atoms with van der Waals surface area (Å²) in [6.45, 7) is 2.09. The van der Waals surface area contributed by atoms with Gasteiger partial charge in [-0.2, -0.15) is 12.6 Å². The topological polar surface area (TPSA) is 12.0 Å². The molecule has 0 amide bonds. The Hall–Kier alpha value is 0.01000. The van der Waals surface area contributed by atoms with Crippen molar-refractivity contribution in [1.29, 1.82) is 0 Å². The molecule has 0 spiro atoms. The fourth-order valence-corrected chi connectivity index (χ4v) is 1.72. The lowest BCUT2D eigenvalue weighted by Gasteiger charge is -2.12. The zero-order valence-corrected chi connectivity index (χ0v) is 9.62. The van der Waals surface area contributed by atoms with Gasteiger partial charge in [-0.3, -0.25) is 0 Å². The molecule has 0 aliphatic carbocycles. The summed E-state index contributed by atoms with van der Waals surface area (Å²) in [5.41, 5.74) is 2.47. The maximum atomic E-state index is 4.40. The maximum absolute atomic E-state index is 4.40. The molecule has 0 saturated carbocycles. The van der Waals surface area contributed by atoms with Crippen LogP contribution in [0.15, 0.2) is 22.7 Å². The molecular weight excluding hydrogens is 234 g/mol. The van der Waals surface area contributed by atoms with Crippen molar-refractivity contribution in [1.82, 2.24) is 5.32 Å². The Morgan fingerprint density at radius 2 is 2.17 bits per heavy atom. The van der Waals surface area contributed by atoms with Gasteiger partial charge in [0.15, 0.2) is 0 Å². The normalized spacial score (nSPS) is 13.0. The second-order valence-electron chi connectivity index (χ2n) is 2.69. The summed E-state index contributed by atoms with van der Waals surface area (Å²) in [6.07, 6.45) is 0. The first-order valence-electron chi connectivity index (χ1n) is 3.76. The Morgan fingerprint density at radius 3 is 2.75 bits per heavy atom. The molecule has 3 heteroatoms. The molecule has 0 aliphatic heterocycles. The van der Waals surface area contributed by atoms with E-state index in [2.05, 4.69) is 52.9 Å². The first-order chi connectivity index (χ1) is 5.65. The van der Waals surface area contributed by atoms with E-state index in [0.29, 0.717) is 0 Å². The third-order valence-corrected chi connectivity index (χ3v) is 2.84. The van der Waals surface area contributed by atoms with Gasteiger partial charge in [0.25, 0.3) is 0 Å². The molecule has 1 rings (SSSR count). The summed E-state index contributed by atoms with van der Waals surface area (Å²) < 4.78 is 1.09. The van der Waals surface area contributed by atoms with Gasteiger partial charge in [0, 0.05) is 4.47 Å². The molecule has 1 aromatic carbocycles. The molecule has 12 heavy (non-hydrogen) atoms. The lowest BCUT2D eigenvalue weighted by molar-refractivity contribution is 0.794. The first-order valence-corrected chi connectivity index (χ1v) is 5.07. The van der Waals surface area contributed by atoms with Gasteiger partial charge in [-0.1, -0.05) is 22.0 Å². The molecule has 0 aliphatic rings. The van der Waals surface area contributed by atoms with Gasteiger partial charge in [-0.15, -0.1) is 0 Å². The number of benzene rings is 1. The SMILES string of the molecule is CNC(S)c1cc(Br)ccc1C. The number of aryl methyl sites for hydroxylation is 1. The molecule has 1 N–H and O–H groups in total. The molecule has 0 radical (unpaired) electrons. The van der Waals surface area contributed by atoms with Crippen molar-refractivity contribution >= 4 is 28.6 Å². The average Bonchev–Trinajstić information content (AvgIpc) is 2.08. The minimum absolute atomic E-state index is 0.113. The fraction of sp³-hybridized carbons (Fsp3) is 0.333. The summed E-state index contributed by atoms with van der Waals surface area (Å²) in [5.74, 6) is 0. The highest BCUT2D eigenvalue weighted by Crippen LogP contribution is 2.23. The summed E-state index contributed by atoms with van der Waals surface area (Å²) in [5, 5.41) is 3.21. The first kappa shape index (κ1) is 10.1. The van der Waals surface area contributed by atoms with Gasteiger partial charge in [-0.05, 0) is 37.2 Å². The van der Waals surface area contributed by atoms with Gasteiger partial charge in [0.05, 0.1) is 5.37 Å². The van der Waals surface area contributed by atoms with Crippen LogP contribution in [0.2, 0.25) is 0 Å². The summed E-state index contributed by atoms with van der Waals surface area (Å²) in [4.78, 5) is 0. The average molecular weight is 246 g/mol. The van der Waals surface area contributed by atoms with E-state index in [0.717, 1.165) is 4.47 Å². The van der Waals surface area contributed by atoms with Crippen LogP contribution in [-0.2, 0) is 0 Å². The van der Waals surface area contributed by atoms with Crippen molar-refractivity contribution in [2.75, 3.05) is 7.05 Å². The Balaban J connectivity index is 3.04. The van der Waals surface area contributed by atoms with E-state index in [1.807, 2.05) is 13.1 Å². The minimum Gasteiger partial charge on any atom is -0.305 e. The number of thiol groups is 1. The van der Waals surface area contributed by atoms with Gasteiger partial charge in [-0.25, -0.2) is 0 Å². The van der Waals surface area contributed by atoms with E-state index < -0.39 is 0 Å². The maximum Gasteiger partial charge on any atom is 0.0760 e. The van der Waals surface area contributed by atoms with E-state index in [-0.39, 0.29) is 5.37 Å². The zero-order chi connectivity index (χ0) is 9.14. The Morgan fingerprint density at radius 1 is 1.50 bits per heavy atom. The second-order valence-corrected chi connectivity index (χ2v) is 4.12. The number of halogens is 1. The summed E-state index contributed by atoms with van der Waals surface area (Å²) in [7, 11) is 1.90. The number of hydrogen-bond donors (Lipinski definition) is 2. The van der Waals surface area contributed by atoms with Gasteiger partial charge in [0.2, 0.25) is 0 Å². The second kappa shape index (κ2) is 4.30. The minimum atomic E-state index is 0.113. The quantitative estimate of drug-likeness (QED) is 0.604. The van der Waals surface area contributed by atoms with Crippen LogP contribution in [0.5, 0.6) is 0 Å². The van der Waals surface area contributed by atoms with Crippen LogP contribution in [0, 0.1) is 6.92 Å². The Bertz CT molecular complexity index is 275.